The summed E-state index contributed by atoms with van der Waals surface area (Å²) in [5.74, 6) is 0.0731. The lowest BCUT2D eigenvalue weighted by molar-refractivity contribution is -0.384. The van der Waals surface area contributed by atoms with E-state index in [1.54, 1.807) is 28.9 Å². The molecule has 1 aromatic rings. The highest BCUT2D eigenvalue weighted by molar-refractivity contribution is 6.00. The normalized spacial score (nSPS) is 18.4. The molecule has 1 heterocycles. The smallest absolute Gasteiger partial charge is 0.269 e. The highest BCUT2D eigenvalue weighted by atomic mass is 16.6. The number of non-ortho nitro benzene ring substituents is 1. The predicted octanol–water partition coefficient (Wildman–Crippen LogP) is 2.20. The fourth-order valence-corrected chi connectivity index (χ4v) is 2.69. The summed E-state index contributed by atoms with van der Waals surface area (Å²) in [6, 6.07) is 5.36. The Hall–Kier alpha value is -2.44. The van der Waals surface area contributed by atoms with Crippen LogP contribution in [0.5, 0.6) is 0 Å². The van der Waals surface area contributed by atoms with Crippen molar-refractivity contribution in [2.24, 2.45) is 5.92 Å². The van der Waals surface area contributed by atoms with Crippen molar-refractivity contribution in [1.29, 1.82) is 0 Å². The van der Waals surface area contributed by atoms with Gasteiger partial charge in [-0.3, -0.25) is 19.7 Å². The zero-order chi connectivity index (χ0) is 17.1. The minimum Gasteiger partial charge on any atom is -0.329 e. The third-order valence-electron chi connectivity index (χ3n) is 3.93. The quantitative estimate of drug-likeness (QED) is 0.629. The second kappa shape index (κ2) is 6.76. The van der Waals surface area contributed by atoms with Gasteiger partial charge in [-0.1, -0.05) is 13.8 Å². The van der Waals surface area contributed by atoms with Gasteiger partial charge in [0.05, 0.1) is 4.92 Å². The lowest BCUT2D eigenvalue weighted by atomic mass is 10.1. The van der Waals surface area contributed by atoms with Gasteiger partial charge in [-0.15, -0.1) is 0 Å². The van der Waals surface area contributed by atoms with E-state index in [1.165, 1.54) is 12.1 Å². The molecule has 0 spiro atoms. The van der Waals surface area contributed by atoms with Gasteiger partial charge in [0.25, 0.3) is 5.69 Å². The summed E-state index contributed by atoms with van der Waals surface area (Å²) in [6.07, 6.45) is 0.426. The SMILES string of the molecule is CC(C)CC(=O)N1CCN(c2ccc([N+](=O)[O-])cc2)C(=O)[C@@H]1C. The molecule has 1 saturated heterocycles. The highest BCUT2D eigenvalue weighted by Crippen LogP contribution is 2.23. The second-order valence-electron chi connectivity index (χ2n) is 6.12. The number of benzene rings is 1. The molecular weight excluding hydrogens is 298 g/mol. The van der Waals surface area contributed by atoms with E-state index in [0.29, 0.717) is 25.2 Å². The largest absolute Gasteiger partial charge is 0.329 e. The Morgan fingerprint density at radius 2 is 1.91 bits per heavy atom. The first-order valence-electron chi connectivity index (χ1n) is 7.66. The number of nitro groups is 1. The Labute approximate surface area is 135 Å². The van der Waals surface area contributed by atoms with Crippen molar-refractivity contribution >= 4 is 23.2 Å². The number of amides is 2. The summed E-state index contributed by atoms with van der Waals surface area (Å²) in [7, 11) is 0. The van der Waals surface area contributed by atoms with Crippen LogP contribution in [0.4, 0.5) is 11.4 Å². The molecule has 0 radical (unpaired) electrons. The number of carbonyl (C=O) groups is 2. The van der Waals surface area contributed by atoms with E-state index < -0.39 is 11.0 Å². The molecule has 23 heavy (non-hydrogen) atoms. The van der Waals surface area contributed by atoms with E-state index in [-0.39, 0.29) is 23.4 Å². The maximum Gasteiger partial charge on any atom is 0.269 e. The lowest BCUT2D eigenvalue weighted by Crippen LogP contribution is -2.57. The molecule has 7 heteroatoms. The monoisotopic (exact) mass is 319 g/mol. The molecule has 0 aromatic heterocycles. The molecule has 0 unspecified atom stereocenters. The van der Waals surface area contributed by atoms with Crippen LogP contribution in [-0.4, -0.2) is 40.8 Å². The Bertz CT molecular complexity index is 612. The summed E-state index contributed by atoms with van der Waals surface area (Å²) in [5, 5.41) is 10.7. The lowest BCUT2D eigenvalue weighted by Gasteiger charge is -2.39. The average molecular weight is 319 g/mol. The van der Waals surface area contributed by atoms with Gasteiger partial charge in [0.1, 0.15) is 6.04 Å². The number of nitro benzene ring substituents is 1. The number of nitrogens with zero attached hydrogens (tertiary/aromatic N) is 3. The first-order valence-corrected chi connectivity index (χ1v) is 7.66. The molecule has 1 atom stereocenters. The van der Waals surface area contributed by atoms with Gasteiger partial charge in [-0.25, -0.2) is 0 Å². The first-order chi connectivity index (χ1) is 10.8. The Morgan fingerprint density at radius 3 is 2.43 bits per heavy atom. The third-order valence-corrected chi connectivity index (χ3v) is 3.93. The number of hydrogen-bond acceptors (Lipinski definition) is 4. The molecule has 2 rings (SSSR count). The van der Waals surface area contributed by atoms with Crippen molar-refractivity contribution in [3.05, 3.63) is 34.4 Å². The second-order valence-corrected chi connectivity index (χ2v) is 6.12. The number of piperazine rings is 1. The Balaban J connectivity index is 2.12. The van der Waals surface area contributed by atoms with Crippen LogP contribution in [0.2, 0.25) is 0 Å². The summed E-state index contributed by atoms with van der Waals surface area (Å²) in [4.78, 5) is 38.2. The molecular formula is C16H21N3O4. The van der Waals surface area contributed by atoms with Crippen molar-refractivity contribution in [2.75, 3.05) is 18.0 Å². The maximum atomic E-state index is 12.5. The van der Waals surface area contributed by atoms with Crippen molar-refractivity contribution in [3.8, 4) is 0 Å². The Kier molecular flexibility index (Phi) is 4.98. The van der Waals surface area contributed by atoms with Gasteiger partial charge in [0.15, 0.2) is 0 Å². The number of hydrogen-bond donors (Lipinski definition) is 0. The fourth-order valence-electron chi connectivity index (χ4n) is 2.69. The zero-order valence-corrected chi connectivity index (χ0v) is 13.6. The van der Waals surface area contributed by atoms with Gasteiger partial charge in [0.2, 0.25) is 11.8 Å². The molecule has 0 saturated carbocycles. The average Bonchev–Trinajstić information content (AvgIpc) is 2.49. The molecule has 2 amide bonds. The van der Waals surface area contributed by atoms with Crippen LogP contribution in [0.1, 0.15) is 27.2 Å². The standard InChI is InChI=1S/C16H21N3O4/c1-11(2)10-15(20)17-8-9-18(16(21)12(17)3)13-4-6-14(7-5-13)19(22)23/h4-7,11-12H,8-10H2,1-3H3/t12-/m0/s1. The third kappa shape index (κ3) is 3.67. The summed E-state index contributed by atoms with van der Waals surface area (Å²) < 4.78 is 0. The van der Waals surface area contributed by atoms with Crippen molar-refractivity contribution in [3.63, 3.8) is 0 Å². The van der Waals surface area contributed by atoms with Gasteiger partial charge >= 0.3 is 0 Å². The van der Waals surface area contributed by atoms with Crippen LogP contribution in [0.15, 0.2) is 24.3 Å². The van der Waals surface area contributed by atoms with E-state index >= 15 is 0 Å². The molecule has 124 valence electrons. The molecule has 0 bridgehead atoms. The molecule has 0 aliphatic carbocycles. The van der Waals surface area contributed by atoms with E-state index in [0.717, 1.165) is 0 Å². The van der Waals surface area contributed by atoms with Crippen LogP contribution >= 0.6 is 0 Å². The van der Waals surface area contributed by atoms with Crippen molar-refractivity contribution in [1.82, 2.24) is 4.90 Å². The van der Waals surface area contributed by atoms with E-state index in [4.69, 9.17) is 0 Å². The van der Waals surface area contributed by atoms with Gasteiger partial charge in [0, 0.05) is 37.3 Å². The number of anilines is 1. The molecule has 1 aliphatic heterocycles. The van der Waals surface area contributed by atoms with E-state index in [9.17, 15) is 19.7 Å². The zero-order valence-electron chi connectivity index (χ0n) is 13.6. The fraction of sp³-hybridized carbons (Fsp3) is 0.500. The molecule has 1 aromatic carbocycles. The van der Waals surface area contributed by atoms with Crippen LogP contribution in [0.25, 0.3) is 0 Å². The Morgan fingerprint density at radius 1 is 1.30 bits per heavy atom. The topological polar surface area (TPSA) is 83.8 Å². The van der Waals surface area contributed by atoms with E-state index in [2.05, 4.69) is 0 Å². The minimum atomic E-state index is -0.523. The number of carbonyl (C=O) groups excluding carboxylic acids is 2. The highest BCUT2D eigenvalue weighted by Gasteiger charge is 2.34. The van der Waals surface area contributed by atoms with Crippen LogP contribution in [-0.2, 0) is 9.59 Å². The molecule has 1 fully saturated rings. The van der Waals surface area contributed by atoms with Crippen molar-refractivity contribution < 1.29 is 14.5 Å². The number of rotatable bonds is 4. The molecule has 0 N–H and O–H groups in total. The summed E-state index contributed by atoms with van der Waals surface area (Å²) >= 11 is 0. The van der Waals surface area contributed by atoms with Gasteiger partial charge in [-0.05, 0) is 25.0 Å². The van der Waals surface area contributed by atoms with Crippen LogP contribution < -0.4 is 4.90 Å². The molecule has 1 aliphatic rings. The van der Waals surface area contributed by atoms with Crippen LogP contribution in [0, 0.1) is 16.0 Å². The van der Waals surface area contributed by atoms with Gasteiger partial charge < -0.3 is 9.80 Å². The summed E-state index contributed by atoms with van der Waals surface area (Å²) in [5.41, 5.74) is 0.600. The summed E-state index contributed by atoms with van der Waals surface area (Å²) in [6.45, 7) is 6.52. The first kappa shape index (κ1) is 16.9. The predicted molar refractivity (Wildman–Crippen MR) is 86.1 cm³/mol. The van der Waals surface area contributed by atoms with E-state index in [1.807, 2.05) is 13.8 Å². The van der Waals surface area contributed by atoms with Gasteiger partial charge in [-0.2, -0.15) is 0 Å². The minimum absolute atomic E-state index is 0.0100. The van der Waals surface area contributed by atoms with Crippen molar-refractivity contribution in [2.45, 2.75) is 33.2 Å². The maximum absolute atomic E-state index is 12.5. The molecule has 7 nitrogen and oxygen atoms in total. The van der Waals surface area contributed by atoms with Crippen LogP contribution in [0.3, 0.4) is 0 Å².